The maximum Gasteiger partial charge on any atom is 0.0909 e. The number of rotatable bonds is 3. The fourth-order valence-corrected chi connectivity index (χ4v) is 2.62. The van der Waals surface area contributed by atoms with Gasteiger partial charge in [-0.3, -0.25) is 0 Å². The Kier molecular flexibility index (Phi) is 4.12. The van der Waals surface area contributed by atoms with Gasteiger partial charge in [-0.05, 0) is 49.1 Å². The Balaban J connectivity index is 2.32. The van der Waals surface area contributed by atoms with E-state index in [1.807, 2.05) is 37.3 Å². The van der Waals surface area contributed by atoms with E-state index < -0.39 is 5.60 Å². The molecule has 0 aliphatic rings. The first-order valence-electron chi connectivity index (χ1n) is 6.44. The Morgan fingerprint density at radius 2 is 1.74 bits per heavy atom. The van der Waals surface area contributed by atoms with Crippen LogP contribution in [-0.4, -0.2) is 5.11 Å². The van der Waals surface area contributed by atoms with Gasteiger partial charge < -0.3 is 5.11 Å². The van der Waals surface area contributed by atoms with Crippen LogP contribution in [-0.2, 0) is 12.0 Å². The second-order valence-corrected chi connectivity index (χ2v) is 6.20. The third-order valence-electron chi connectivity index (χ3n) is 3.62. The van der Waals surface area contributed by atoms with E-state index in [1.165, 1.54) is 11.1 Å². The van der Waals surface area contributed by atoms with E-state index in [4.69, 9.17) is 0 Å². The Hall–Kier alpha value is -1.12. The molecule has 0 fully saturated rings. The van der Waals surface area contributed by atoms with E-state index in [2.05, 4.69) is 41.9 Å². The van der Waals surface area contributed by atoms with Crippen LogP contribution in [0, 0.1) is 13.8 Å². The molecule has 0 saturated heterocycles. The third-order valence-corrected chi connectivity index (χ3v) is 4.39. The molecule has 1 atom stereocenters. The average molecular weight is 319 g/mol. The van der Waals surface area contributed by atoms with Crippen molar-refractivity contribution in [2.75, 3.05) is 0 Å². The lowest BCUT2D eigenvalue weighted by atomic mass is 9.87. The molecule has 2 rings (SSSR count). The third kappa shape index (κ3) is 3.26. The van der Waals surface area contributed by atoms with E-state index in [1.54, 1.807) is 0 Å². The summed E-state index contributed by atoms with van der Waals surface area (Å²) in [5.74, 6) is 0. The quantitative estimate of drug-likeness (QED) is 0.882. The van der Waals surface area contributed by atoms with Gasteiger partial charge in [0.2, 0.25) is 0 Å². The Morgan fingerprint density at radius 1 is 1.05 bits per heavy atom. The van der Waals surface area contributed by atoms with Gasteiger partial charge in [0.1, 0.15) is 0 Å². The van der Waals surface area contributed by atoms with E-state index in [-0.39, 0.29) is 0 Å². The molecule has 0 aliphatic carbocycles. The van der Waals surface area contributed by atoms with E-state index in [0.29, 0.717) is 6.42 Å². The molecule has 1 nitrogen and oxygen atoms in total. The Bertz CT molecular complexity index is 588. The van der Waals surface area contributed by atoms with Crippen molar-refractivity contribution in [3.8, 4) is 0 Å². The molecule has 0 bridgehead atoms. The van der Waals surface area contributed by atoms with Gasteiger partial charge in [-0.25, -0.2) is 0 Å². The van der Waals surface area contributed by atoms with Crippen LogP contribution in [0.25, 0.3) is 0 Å². The molecular formula is C17H19BrO. The van der Waals surface area contributed by atoms with Gasteiger partial charge in [0.05, 0.1) is 5.60 Å². The second kappa shape index (κ2) is 5.48. The number of hydrogen-bond donors (Lipinski definition) is 1. The number of benzene rings is 2. The first kappa shape index (κ1) is 14.3. The molecule has 100 valence electrons. The van der Waals surface area contributed by atoms with Gasteiger partial charge in [0.15, 0.2) is 0 Å². The van der Waals surface area contributed by atoms with Crippen molar-refractivity contribution in [2.45, 2.75) is 32.8 Å². The molecule has 1 unspecified atom stereocenters. The van der Waals surface area contributed by atoms with Crippen LogP contribution in [0.2, 0.25) is 0 Å². The molecule has 0 saturated carbocycles. The van der Waals surface area contributed by atoms with Gasteiger partial charge in [-0.1, -0.05) is 52.3 Å². The zero-order valence-electron chi connectivity index (χ0n) is 11.6. The topological polar surface area (TPSA) is 20.2 Å². The van der Waals surface area contributed by atoms with Crippen LogP contribution in [0.4, 0.5) is 0 Å². The molecule has 0 heterocycles. The number of aryl methyl sites for hydroxylation is 2. The van der Waals surface area contributed by atoms with Crippen LogP contribution in [0.5, 0.6) is 0 Å². The summed E-state index contributed by atoms with van der Waals surface area (Å²) in [4.78, 5) is 0. The van der Waals surface area contributed by atoms with Crippen LogP contribution in [0.15, 0.2) is 46.9 Å². The van der Waals surface area contributed by atoms with Crippen molar-refractivity contribution in [1.29, 1.82) is 0 Å². The van der Waals surface area contributed by atoms with Crippen LogP contribution < -0.4 is 0 Å². The fraction of sp³-hybridized carbons (Fsp3) is 0.294. The minimum absolute atomic E-state index is 0.594. The van der Waals surface area contributed by atoms with Crippen LogP contribution in [0.1, 0.15) is 29.2 Å². The highest BCUT2D eigenvalue weighted by atomic mass is 79.9. The molecule has 2 heteroatoms. The summed E-state index contributed by atoms with van der Waals surface area (Å²) in [5.41, 5.74) is 3.69. The zero-order valence-corrected chi connectivity index (χ0v) is 13.2. The van der Waals surface area contributed by atoms with Crippen molar-refractivity contribution in [2.24, 2.45) is 0 Å². The highest BCUT2D eigenvalue weighted by molar-refractivity contribution is 9.10. The van der Waals surface area contributed by atoms with E-state index >= 15 is 0 Å². The van der Waals surface area contributed by atoms with Gasteiger partial charge >= 0.3 is 0 Å². The van der Waals surface area contributed by atoms with Crippen LogP contribution >= 0.6 is 15.9 Å². The standard InChI is InChI=1S/C17H19BrO/c1-12-8-9-15(10-13(12)2)17(3,19)11-14-6-4-5-7-16(14)18/h4-10,19H,11H2,1-3H3. The molecule has 0 spiro atoms. The fourth-order valence-electron chi connectivity index (χ4n) is 2.19. The predicted molar refractivity (Wildman–Crippen MR) is 83.3 cm³/mol. The first-order chi connectivity index (χ1) is 8.90. The minimum Gasteiger partial charge on any atom is -0.385 e. The van der Waals surface area contributed by atoms with Crippen molar-refractivity contribution in [3.05, 3.63) is 69.2 Å². The molecular weight excluding hydrogens is 300 g/mol. The Labute approximate surface area is 123 Å². The summed E-state index contributed by atoms with van der Waals surface area (Å²) >= 11 is 3.54. The molecule has 0 aromatic heterocycles. The SMILES string of the molecule is Cc1ccc(C(C)(O)Cc2ccccc2Br)cc1C. The van der Waals surface area contributed by atoms with Crippen molar-refractivity contribution < 1.29 is 5.11 Å². The molecule has 2 aromatic rings. The molecule has 1 N–H and O–H groups in total. The number of hydrogen-bond acceptors (Lipinski definition) is 1. The van der Waals surface area contributed by atoms with Gasteiger partial charge in [0, 0.05) is 10.9 Å². The molecule has 0 amide bonds. The highest BCUT2D eigenvalue weighted by Gasteiger charge is 2.24. The second-order valence-electron chi connectivity index (χ2n) is 5.34. The first-order valence-corrected chi connectivity index (χ1v) is 7.23. The monoisotopic (exact) mass is 318 g/mol. The summed E-state index contributed by atoms with van der Waals surface area (Å²) in [6.45, 7) is 6.03. The van der Waals surface area contributed by atoms with Gasteiger partial charge in [-0.15, -0.1) is 0 Å². The lowest BCUT2D eigenvalue weighted by molar-refractivity contribution is 0.0574. The largest absolute Gasteiger partial charge is 0.385 e. The summed E-state index contributed by atoms with van der Waals surface area (Å²) in [6.07, 6.45) is 0.594. The summed E-state index contributed by atoms with van der Waals surface area (Å²) in [5, 5.41) is 10.8. The maximum atomic E-state index is 10.8. The van der Waals surface area contributed by atoms with E-state index in [0.717, 1.165) is 15.6 Å². The Morgan fingerprint density at radius 3 is 2.37 bits per heavy atom. The van der Waals surface area contributed by atoms with Gasteiger partial charge in [0.25, 0.3) is 0 Å². The van der Waals surface area contributed by atoms with Crippen molar-refractivity contribution >= 4 is 15.9 Å². The normalized spacial score (nSPS) is 14.2. The molecule has 2 aromatic carbocycles. The average Bonchev–Trinajstić information content (AvgIpc) is 2.35. The zero-order chi connectivity index (χ0) is 14.0. The summed E-state index contributed by atoms with van der Waals surface area (Å²) in [7, 11) is 0. The predicted octanol–water partition coefficient (Wildman–Crippen LogP) is 4.52. The smallest absolute Gasteiger partial charge is 0.0909 e. The lowest BCUT2D eigenvalue weighted by Gasteiger charge is -2.25. The summed E-state index contributed by atoms with van der Waals surface area (Å²) < 4.78 is 1.04. The summed E-state index contributed by atoms with van der Waals surface area (Å²) in [6, 6.07) is 14.2. The minimum atomic E-state index is -0.859. The van der Waals surface area contributed by atoms with E-state index in [9.17, 15) is 5.11 Å². The molecule has 19 heavy (non-hydrogen) atoms. The van der Waals surface area contributed by atoms with Gasteiger partial charge in [-0.2, -0.15) is 0 Å². The molecule has 0 aliphatic heterocycles. The highest BCUT2D eigenvalue weighted by Crippen LogP contribution is 2.29. The van der Waals surface area contributed by atoms with Crippen molar-refractivity contribution in [3.63, 3.8) is 0 Å². The number of halogens is 1. The molecule has 0 radical (unpaired) electrons. The maximum absolute atomic E-state index is 10.8. The van der Waals surface area contributed by atoms with Crippen LogP contribution in [0.3, 0.4) is 0 Å². The lowest BCUT2D eigenvalue weighted by Crippen LogP contribution is -2.24. The number of aliphatic hydroxyl groups is 1. The van der Waals surface area contributed by atoms with Crippen molar-refractivity contribution in [1.82, 2.24) is 0 Å².